The number of amides is 2. The molecule has 0 spiro atoms. The van der Waals surface area contributed by atoms with Crippen LogP contribution < -0.4 is 11.1 Å². The predicted molar refractivity (Wildman–Crippen MR) is 101 cm³/mol. The van der Waals surface area contributed by atoms with Crippen LogP contribution in [0.15, 0.2) is 0 Å². The van der Waals surface area contributed by atoms with Gasteiger partial charge in [-0.05, 0) is 40.0 Å². The van der Waals surface area contributed by atoms with Gasteiger partial charge in [0, 0.05) is 32.3 Å². The Hall–Kier alpha value is -0.850. The van der Waals surface area contributed by atoms with Crippen molar-refractivity contribution in [1.82, 2.24) is 5.32 Å². The van der Waals surface area contributed by atoms with Crippen LogP contribution in [0.25, 0.3) is 0 Å². The zero-order chi connectivity index (χ0) is 19.0. The van der Waals surface area contributed by atoms with Gasteiger partial charge in [-0.1, -0.05) is 39.0 Å². The molecule has 0 fully saturated rings. The van der Waals surface area contributed by atoms with E-state index in [1.165, 1.54) is 25.7 Å². The van der Waals surface area contributed by atoms with Gasteiger partial charge in [-0.15, -0.1) is 0 Å². The molecule has 150 valence electrons. The van der Waals surface area contributed by atoms with E-state index in [0.29, 0.717) is 26.4 Å². The molecule has 0 heterocycles. The summed E-state index contributed by atoms with van der Waals surface area (Å²) in [5.74, 6) is -0.862. The first-order chi connectivity index (χ1) is 12.1. The van der Waals surface area contributed by atoms with Gasteiger partial charge >= 0.3 is 6.03 Å². The van der Waals surface area contributed by atoms with Crippen molar-refractivity contribution in [3.8, 4) is 0 Å². The standard InChI is InChI=1S/C19H40N2O4/c1-5-9-10-11-12-14-17(15-13-16-21-18(20)22)19(23-6-2,24-7-3)25-8-4/h17H,5-16H2,1-4H3,(H3,20,21,22). The molecule has 0 rings (SSSR count). The van der Waals surface area contributed by atoms with Gasteiger partial charge in [0.1, 0.15) is 0 Å². The van der Waals surface area contributed by atoms with E-state index in [4.69, 9.17) is 19.9 Å². The molecule has 0 saturated heterocycles. The predicted octanol–water partition coefficient (Wildman–Crippen LogP) is 4.17. The molecule has 0 bridgehead atoms. The summed E-state index contributed by atoms with van der Waals surface area (Å²) >= 11 is 0. The van der Waals surface area contributed by atoms with Gasteiger partial charge in [0.15, 0.2) is 0 Å². The summed E-state index contributed by atoms with van der Waals surface area (Å²) < 4.78 is 17.9. The minimum Gasteiger partial charge on any atom is -0.352 e. The van der Waals surface area contributed by atoms with Crippen LogP contribution in [0.4, 0.5) is 4.79 Å². The lowest BCUT2D eigenvalue weighted by atomic mass is 9.92. The summed E-state index contributed by atoms with van der Waals surface area (Å²) in [6, 6.07) is -0.484. The van der Waals surface area contributed by atoms with Gasteiger partial charge in [-0.2, -0.15) is 0 Å². The number of primary amides is 1. The molecular formula is C19H40N2O4. The van der Waals surface area contributed by atoms with Crippen molar-refractivity contribution in [3.05, 3.63) is 0 Å². The molecule has 0 radical (unpaired) electrons. The molecular weight excluding hydrogens is 320 g/mol. The van der Waals surface area contributed by atoms with Crippen molar-refractivity contribution in [2.75, 3.05) is 26.4 Å². The monoisotopic (exact) mass is 360 g/mol. The number of carbonyl (C=O) groups is 1. The Bertz CT molecular complexity index is 310. The van der Waals surface area contributed by atoms with Crippen molar-refractivity contribution in [3.63, 3.8) is 0 Å². The fraction of sp³-hybridized carbons (Fsp3) is 0.947. The Morgan fingerprint density at radius 1 is 0.880 bits per heavy atom. The topological polar surface area (TPSA) is 82.8 Å². The number of carbonyl (C=O) groups excluding carboxylic acids is 1. The summed E-state index contributed by atoms with van der Waals surface area (Å²) in [5.41, 5.74) is 5.14. The molecule has 6 nitrogen and oxygen atoms in total. The van der Waals surface area contributed by atoms with Crippen LogP contribution in [-0.2, 0) is 14.2 Å². The maximum Gasteiger partial charge on any atom is 0.312 e. The summed E-state index contributed by atoms with van der Waals surface area (Å²) in [4.78, 5) is 10.9. The third-order valence-electron chi connectivity index (χ3n) is 4.22. The fourth-order valence-corrected chi connectivity index (χ4v) is 3.13. The quantitative estimate of drug-likeness (QED) is 0.301. The molecule has 1 unspecified atom stereocenters. The molecule has 0 aromatic rings. The lowest BCUT2D eigenvalue weighted by Crippen LogP contribution is -2.47. The number of hydrogen-bond donors (Lipinski definition) is 2. The highest BCUT2D eigenvalue weighted by Gasteiger charge is 2.41. The lowest BCUT2D eigenvalue weighted by Gasteiger charge is -2.39. The SMILES string of the molecule is CCCCCCCC(CCCNC(N)=O)C(OCC)(OCC)OCC. The van der Waals surface area contributed by atoms with Crippen molar-refractivity contribution in [2.24, 2.45) is 11.7 Å². The van der Waals surface area contributed by atoms with Crippen LogP contribution >= 0.6 is 0 Å². The van der Waals surface area contributed by atoms with Gasteiger partial charge < -0.3 is 25.3 Å². The molecule has 0 aliphatic rings. The smallest absolute Gasteiger partial charge is 0.312 e. The maximum atomic E-state index is 10.9. The Labute approximate surface area is 154 Å². The maximum absolute atomic E-state index is 10.9. The van der Waals surface area contributed by atoms with Crippen LogP contribution in [0.2, 0.25) is 0 Å². The molecule has 0 aromatic carbocycles. The van der Waals surface area contributed by atoms with Gasteiger partial charge in [0.05, 0.1) is 0 Å². The molecule has 0 aromatic heterocycles. The lowest BCUT2D eigenvalue weighted by molar-refractivity contribution is -0.403. The third-order valence-corrected chi connectivity index (χ3v) is 4.22. The molecule has 3 N–H and O–H groups in total. The molecule has 25 heavy (non-hydrogen) atoms. The van der Waals surface area contributed by atoms with Crippen molar-refractivity contribution >= 4 is 6.03 Å². The summed E-state index contributed by atoms with van der Waals surface area (Å²) in [7, 11) is 0. The van der Waals surface area contributed by atoms with Crippen LogP contribution in [0, 0.1) is 5.92 Å². The highest BCUT2D eigenvalue weighted by molar-refractivity contribution is 5.71. The third kappa shape index (κ3) is 10.7. The average molecular weight is 361 g/mol. The van der Waals surface area contributed by atoms with Crippen LogP contribution in [-0.4, -0.2) is 38.4 Å². The van der Waals surface area contributed by atoms with Gasteiger partial charge in [-0.25, -0.2) is 4.79 Å². The minimum atomic E-state index is -0.990. The largest absolute Gasteiger partial charge is 0.352 e. The second-order valence-electron chi connectivity index (χ2n) is 6.24. The van der Waals surface area contributed by atoms with E-state index in [-0.39, 0.29) is 5.92 Å². The number of nitrogens with two attached hydrogens (primary N) is 1. The van der Waals surface area contributed by atoms with Crippen LogP contribution in [0.5, 0.6) is 0 Å². The van der Waals surface area contributed by atoms with Crippen LogP contribution in [0.3, 0.4) is 0 Å². The Morgan fingerprint density at radius 3 is 1.88 bits per heavy atom. The Balaban J connectivity index is 4.87. The zero-order valence-electron chi connectivity index (χ0n) is 16.8. The van der Waals surface area contributed by atoms with E-state index in [1.54, 1.807) is 0 Å². The van der Waals surface area contributed by atoms with Crippen molar-refractivity contribution < 1.29 is 19.0 Å². The highest BCUT2D eigenvalue weighted by Crippen LogP contribution is 2.34. The molecule has 1 atom stereocenters. The van der Waals surface area contributed by atoms with E-state index in [1.807, 2.05) is 20.8 Å². The number of unbranched alkanes of at least 4 members (excludes halogenated alkanes) is 4. The number of rotatable bonds is 17. The van der Waals surface area contributed by atoms with E-state index in [2.05, 4.69) is 12.2 Å². The van der Waals surface area contributed by atoms with E-state index < -0.39 is 12.0 Å². The van der Waals surface area contributed by atoms with Crippen LogP contribution in [0.1, 0.15) is 79.1 Å². The van der Waals surface area contributed by atoms with E-state index in [0.717, 1.165) is 25.7 Å². The molecule has 6 heteroatoms. The van der Waals surface area contributed by atoms with Gasteiger partial charge in [0.25, 0.3) is 5.97 Å². The first kappa shape index (κ1) is 24.1. The van der Waals surface area contributed by atoms with E-state index >= 15 is 0 Å². The first-order valence-corrected chi connectivity index (χ1v) is 10.0. The Kier molecular flexibility index (Phi) is 14.9. The first-order valence-electron chi connectivity index (χ1n) is 10.0. The second kappa shape index (κ2) is 15.4. The molecule has 2 amide bonds. The van der Waals surface area contributed by atoms with Gasteiger partial charge in [0.2, 0.25) is 0 Å². The summed E-state index contributed by atoms with van der Waals surface area (Å²) in [5, 5.41) is 2.65. The average Bonchev–Trinajstić information content (AvgIpc) is 2.56. The molecule has 0 aliphatic carbocycles. The zero-order valence-corrected chi connectivity index (χ0v) is 16.8. The second-order valence-corrected chi connectivity index (χ2v) is 6.24. The van der Waals surface area contributed by atoms with Crippen molar-refractivity contribution in [2.45, 2.75) is 85.0 Å². The van der Waals surface area contributed by atoms with Gasteiger partial charge in [-0.3, -0.25) is 0 Å². The molecule has 0 saturated carbocycles. The summed E-state index contributed by atoms with van der Waals surface area (Å²) in [6.45, 7) is 10.3. The number of ether oxygens (including phenoxy) is 3. The minimum absolute atomic E-state index is 0.128. The number of hydrogen-bond acceptors (Lipinski definition) is 4. The highest BCUT2D eigenvalue weighted by atomic mass is 16.9. The fourth-order valence-electron chi connectivity index (χ4n) is 3.13. The Morgan fingerprint density at radius 2 is 1.40 bits per heavy atom. The number of nitrogens with one attached hydrogen (secondary N) is 1. The number of urea groups is 1. The van der Waals surface area contributed by atoms with Crippen molar-refractivity contribution in [1.29, 1.82) is 0 Å². The normalized spacial score (nSPS) is 13.0. The molecule has 0 aliphatic heterocycles. The summed E-state index contributed by atoms with van der Waals surface area (Å²) in [6.07, 6.45) is 8.78. The van der Waals surface area contributed by atoms with E-state index in [9.17, 15) is 4.79 Å².